The van der Waals surface area contributed by atoms with Gasteiger partial charge in [-0.3, -0.25) is 4.79 Å². The van der Waals surface area contributed by atoms with E-state index in [2.05, 4.69) is 4.98 Å². The number of benzene rings is 1. The molecule has 2 aromatic rings. The summed E-state index contributed by atoms with van der Waals surface area (Å²) in [6, 6.07) is 3.41. The molecule has 0 aliphatic carbocycles. The zero-order valence-electron chi connectivity index (χ0n) is 17.0. The number of esters is 1. The minimum Gasteiger partial charge on any atom is -0.496 e. The molecule has 7 nitrogen and oxygen atoms in total. The summed E-state index contributed by atoms with van der Waals surface area (Å²) in [6.07, 6.45) is 3.04. The van der Waals surface area contributed by atoms with E-state index in [1.54, 1.807) is 39.0 Å². The Morgan fingerprint density at radius 2 is 1.61 bits per heavy atom. The molecule has 1 aromatic carbocycles. The molecule has 0 atom stereocenters. The molecule has 28 heavy (non-hydrogen) atoms. The molecule has 7 heteroatoms. The van der Waals surface area contributed by atoms with Gasteiger partial charge in [0.1, 0.15) is 5.75 Å². The van der Waals surface area contributed by atoms with Crippen LogP contribution in [0.1, 0.15) is 44.6 Å². The number of hydrogen-bond acceptors (Lipinski definition) is 6. The molecule has 0 bridgehead atoms. The quantitative estimate of drug-likeness (QED) is 0.422. The second kappa shape index (κ2) is 9.12. The van der Waals surface area contributed by atoms with Crippen LogP contribution in [0.25, 0.3) is 6.08 Å². The number of rotatable bonds is 8. The van der Waals surface area contributed by atoms with E-state index >= 15 is 0 Å². The topological polar surface area (TPSA) is 86.9 Å². The number of H-pyrrole nitrogens is 1. The van der Waals surface area contributed by atoms with Gasteiger partial charge in [0.05, 0.1) is 39.2 Å². The first kappa shape index (κ1) is 21.1. The molecule has 0 spiro atoms. The number of carbonyl (C=O) groups is 2. The summed E-state index contributed by atoms with van der Waals surface area (Å²) in [6.45, 7) is 5.46. The molecule has 1 N–H and O–H groups in total. The van der Waals surface area contributed by atoms with Crippen molar-refractivity contribution in [3.63, 3.8) is 0 Å². The summed E-state index contributed by atoms with van der Waals surface area (Å²) in [5.41, 5.74) is 2.54. The van der Waals surface area contributed by atoms with Gasteiger partial charge in [-0.15, -0.1) is 0 Å². The molecule has 0 aliphatic rings. The number of carbonyl (C=O) groups excluding carboxylic acids is 2. The fourth-order valence-electron chi connectivity index (χ4n) is 2.94. The zero-order valence-corrected chi connectivity index (χ0v) is 17.0. The third-order valence-electron chi connectivity index (χ3n) is 4.31. The zero-order chi connectivity index (χ0) is 20.8. The van der Waals surface area contributed by atoms with E-state index in [0.717, 1.165) is 0 Å². The van der Waals surface area contributed by atoms with Crippen molar-refractivity contribution in [1.29, 1.82) is 0 Å². The molecule has 1 aromatic heterocycles. The Labute approximate surface area is 164 Å². The molecule has 0 amide bonds. The smallest absolute Gasteiger partial charge is 0.340 e. The van der Waals surface area contributed by atoms with Crippen LogP contribution in [-0.2, 0) is 4.74 Å². The van der Waals surface area contributed by atoms with Gasteiger partial charge in [-0.05, 0) is 44.6 Å². The first-order valence-corrected chi connectivity index (χ1v) is 8.76. The van der Waals surface area contributed by atoms with E-state index in [4.69, 9.17) is 18.9 Å². The predicted molar refractivity (Wildman–Crippen MR) is 106 cm³/mol. The highest BCUT2D eigenvalue weighted by atomic mass is 16.5. The molecule has 2 rings (SSSR count). The number of ether oxygens (including phenoxy) is 4. The van der Waals surface area contributed by atoms with Crippen molar-refractivity contribution in [3.8, 4) is 17.2 Å². The minimum absolute atomic E-state index is 0.269. The number of aryl methyl sites for hydroxylation is 1. The van der Waals surface area contributed by atoms with Gasteiger partial charge in [-0.2, -0.15) is 0 Å². The average molecular weight is 387 g/mol. The van der Waals surface area contributed by atoms with Crippen LogP contribution in [0, 0.1) is 13.8 Å². The van der Waals surface area contributed by atoms with Gasteiger partial charge < -0.3 is 23.9 Å². The molecule has 1 heterocycles. The van der Waals surface area contributed by atoms with Crippen molar-refractivity contribution in [2.45, 2.75) is 20.8 Å². The summed E-state index contributed by atoms with van der Waals surface area (Å²) in [4.78, 5) is 27.8. The van der Waals surface area contributed by atoms with Gasteiger partial charge in [0.2, 0.25) is 5.78 Å². The van der Waals surface area contributed by atoms with Crippen LogP contribution in [0.4, 0.5) is 0 Å². The van der Waals surface area contributed by atoms with E-state index in [1.165, 1.54) is 27.4 Å². The van der Waals surface area contributed by atoms with Crippen LogP contribution < -0.4 is 14.2 Å². The first-order valence-electron chi connectivity index (χ1n) is 8.76. The summed E-state index contributed by atoms with van der Waals surface area (Å²) in [5, 5.41) is 0. The number of hydrogen-bond donors (Lipinski definition) is 1. The molecular formula is C21H25NO6. The Balaban J connectivity index is 2.37. The monoisotopic (exact) mass is 387 g/mol. The Morgan fingerprint density at radius 1 is 1.00 bits per heavy atom. The van der Waals surface area contributed by atoms with Crippen molar-refractivity contribution in [3.05, 3.63) is 46.3 Å². The van der Waals surface area contributed by atoms with Crippen LogP contribution >= 0.6 is 0 Å². The lowest BCUT2D eigenvalue weighted by atomic mass is 10.1. The molecule has 0 saturated carbocycles. The highest BCUT2D eigenvalue weighted by Crippen LogP contribution is 2.35. The Kier molecular flexibility index (Phi) is 6.87. The SMILES string of the molecule is CCOC(=O)c1c(C)[nH]c(C(=O)/C=C/c2cc(OC)c(OC)cc2OC)c1C. The number of nitrogens with one attached hydrogen (secondary N) is 1. The van der Waals surface area contributed by atoms with Crippen LogP contribution in [0.2, 0.25) is 0 Å². The van der Waals surface area contributed by atoms with Crippen molar-refractivity contribution < 1.29 is 28.5 Å². The van der Waals surface area contributed by atoms with E-state index in [-0.39, 0.29) is 12.4 Å². The van der Waals surface area contributed by atoms with Gasteiger partial charge in [0.25, 0.3) is 0 Å². The fraction of sp³-hybridized carbons (Fsp3) is 0.333. The highest BCUT2D eigenvalue weighted by Gasteiger charge is 2.21. The third kappa shape index (κ3) is 4.19. The Morgan fingerprint density at radius 3 is 2.18 bits per heavy atom. The second-order valence-electron chi connectivity index (χ2n) is 5.99. The van der Waals surface area contributed by atoms with E-state index in [9.17, 15) is 9.59 Å². The maximum absolute atomic E-state index is 12.7. The van der Waals surface area contributed by atoms with Gasteiger partial charge in [-0.25, -0.2) is 4.79 Å². The van der Waals surface area contributed by atoms with E-state index in [0.29, 0.717) is 45.3 Å². The summed E-state index contributed by atoms with van der Waals surface area (Å²) >= 11 is 0. The lowest BCUT2D eigenvalue weighted by molar-refractivity contribution is 0.0525. The summed E-state index contributed by atoms with van der Waals surface area (Å²) in [5.74, 6) is 0.865. The van der Waals surface area contributed by atoms with Gasteiger partial charge in [0.15, 0.2) is 11.5 Å². The highest BCUT2D eigenvalue weighted by molar-refractivity contribution is 6.09. The average Bonchev–Trinajstić information content (AvgIpc) is 2.99. The van der Waals surface area contributed by atoms with Crippen LogP contribution in [0.5, 0.6) is 17.2 Å². The largest absolute Gasteiger partial charge is 0.496 e. The van der Waals surface area contributed by atoms with Gasteiger partial charge >= 0.3 is 5.97 Å². The Hall–Kier alpha value is -3.22. The number of aromatic amines is 1. The van der Waals surface area contributed by atoms with Crippen LogP contribution in [-0.4, -0.2) is 44.7 Å². The summed E-state index contributed by atoms with van der Waals surface area (Å²) in [7, 11) is 4.60. The van der Waals surface area contributed by atoms with Crippen LogP contribution in [0.15, 0.2) is 18.2 Å². The normalized spacial score (nSPS) is 10.8. The predicted octanol–water partition coefficient (Wildman–Crippen LogP) is 3.73. The lowest BCUT2D eigenvalue weighted by Crippen LogP contribution is -2.07. The van der Waals surface area contributed by atoms with Gasteiger partial charge in [-0.1, -0.05) is 0 Å². The molecular weight excluding hydrogens is 362 g/mol. The maximum Gasteiger partial charge on any atom is 0.340 e. The fourth-order valence-corrected chi connectivity index (χ4v) is 2.94. The Bertz CT molecular complexity index is 910. The minimum atomic E-state index is -0.446. The first-order chi connectivity index (χ1) is 13.4. The number of methoxy groups -OCH3 is 3. The van der Waals surface area contributed by atoms with E-state index < -0.39 is 5.97 Å². The second-order valence-corrected chi connectivity index (χ2v) is 5.99. The third-order valence-corrected chi connectivity index (χ3v) is 4.31. The van der Waals surface area contributed by atoms with Gasteiger partial charge in [0, 0.05) is 17.3 Å². The standard InChI is InChI=1S/C21H25NO6/c1-7-28-21(24)19-12(2)20(22-13(19)3)15(23)9-8-14-10-17(26-5)18(27-6)11-16(14)25-4/h8-11,22H,7H2,1-6H3/b9-8+. The molecule has 150 valence electrons. The number of aromatic nitrogens is 1. The number of ketones is 1. The molecule has 0 fully saturated rings. The lowest BCUT2D eigenvalue weighted by Gasteiger charge is -2.12. The number of allylic oxidation sites excluding steroid dienone is 1. The van der Waals surface area contributed by atoms with Crippen molar-refractivity contribution >= 4 is 17.8 Å². The molecule has 0 unspecified atom stereocenters. The van der Waals surface area contributed by atoms with Crippen molar-refractivity contribution in [2.75, 3.05) is 27.9 Å². The van der Waals surface area contributed by atoms with Crippen molar-refractivity contribution in [2.24, 2.45) is 0 Å². The maximum atomic E-state index is 12.7. The molecule has 0 aliphatic heterocycles. The van der Waals surface area contributed by atoms with E-state index in [1.807, 2.05) is 0 Å². The van der Waals surface area contributed by atoms with Crippen LogP contribution in [0.3, 0.4) is 0 Å². The molecule has 0 radical (unpaired) electrons. The van der Waals surface area contributed by atoms with Crippen molar-refractivity contribution in [1.82, 2.24) is 4.98 Å². The molecule has 0 saturated heterocycles. The summed E-state index contributed by atoms with van der Waals surface area (Å²) < 4.78 is 21.0.